The summed E-state index contributed by atoms with van der Waals surface area (Å²) >= 11 is 4.90. The number of thiazole rings is 1. The Kier molecular flexibility index (Phi) is 3.47. The fourth-order valence-corrected chi connectivity index (χ4v) is 3.19. The van der Waals surface area contributed by atoms with Crippen LogP contribution in [0.15, 0.2) is 22.0 Å². The molecular weight excluding hydrogens is 340 g/mol. The Morgan fingerprint density at radius 2 is 2.35 bits per heavy atom. The Balaban J connectivity index is 2.03. The van der Waals surface area contributed by atoms with E-state index in [9.17, 15) is 5.26 Å². The molecule has 6 heteroatoms. The zero-order valence-corrected chi connectivity index (χ0v) is 12.9. The average molecular weight is 349 g/mol. The van der Waals surface area contributed by atoms with Gasteiger partial charge in [-0.2, -0.15) is 5.26 Å². The van der Waals surface area contributed by atoms with Crippen molar-refractivity contribution in [3.63, 3.8) is 0 Å². The van der Waals surface area contributed by atoms with Crippen LogP contribution in [0.5, 0.6) is 11.5 Å². The SMILES string of the molecule is Cc1csc(/C(C#N)=C\c2cc(Br)c3c(c2)OCO3)n1. The maximum atomic E-state index is 9.29. The molecule has 3 rings (SSSR count). The summed E-state index contributed by atoms with van der Waals surface area (Å²) in [7, 11) is 0. The van der Waals surface area contributed by atoms with E-state index in [0.29, 0.717) is 17.1 Å². The zero-order valence-electron chi connectivity index (χ0n) is 10.5. The van der Waals surface area contributed by atoms with Gasteiger partial charge in [-0.3, -0.25) is 0 Å². The normalized spacial score (nSPS) is 13.3. The minimum atomic E-state index is 0.220. The van der Waals surface area contributed by atoms with E-state index >= 15 is 0 Å². The lowest BCUT2D eigenvalue weighted by molar-refractivity contribution is 0.173. The van der Waals surface area contributed by atoms with Crippen molar-refractivity contribution in [3.8, 4) is 17.6 Å². The third-order valence-corrected chi connectivity index (χ3v) is 4.31. The number of benzene rings is 1. The van der Waals surface area contributed by atoms with Gasteiger partial charge in [-0.15, -0.1) is 11.3 Å². The van der Waals surface area contributed by atoms with Crippen molar-refractivity contribution in [2.75, 3.05) is 6.79 Å². The second-order valence-corrected chi connectivity index (χ2v) is 5.91. The lowest BCUT2D eigenvalue weighted by Gasteiger charge is -2.02. The van der Waals surface area contributed by atoms with E-state index in [2.05, 4.69) is 27.0 Å². The summed E-state index contributed by atoms with van der Waals surface area (Å²) in [6.07, 6.45) is 1.80. The van der Waals surface area contributed by atoms with Crippen LogP contribution in [-0.4, -0.2) is 11.8 Å². The van der Waals surface area contributed by atoms with E-state index in [-0.39, 0.29) is 6.79 Å². The Bertz CT molecular complexity index is 746. The number of halogens is 1. The molecule has 0 bridgehead atoms. The van der Waals surface area contributed by atoms with Crippen LogP contribution in [0.25, 0.3) is 11.6 Å². The molecule has 1 aliphatic heterocycles. The van der Waals surface area contributed by atoms with Crippen molar-refractivity contribution in [3.05, 3.63) is 38.3 Å². The van der Waals surface area contributed by atoms with Crippen LogP contribution in [0.4, 0.5) is 0 Å². The predicted octanol–water partition coefficient (Wildman–Crippen LogP) is 4.01. The Morgan fingerprint density at radius 1 is 1.50 bits per heavy atom. The summed E-state index contributed by atoms with van der Waals surface area (Å²) < 4.78 is 11.5. The van der Waals surface area contributed by atoms with Gasteiger partial charge in [-0.1, -0.05) is 0 Å². The maximum absolute atomic E-state index is 9.29. The number of ether oxygens (including phenoxy) is 2. The minimum Gasteiger partial charge on any atom is -0.454 e. The number of nitrogens with zero attached hydrogens (tertiary/aromatic N) is 2. The predicted molar refractivity (Wildman–Crippen MR) is 80.6 cm³/mol. The number of rotatable bonds is 2. The van der Waals surface area contributed by atoms with Gasteiger partial charge in [-0.05, 0) is 46.6 Å². The van der Waals surface area contributed by atoms with E-state index < -0.39 is 0 Å². The van der Waals surface area contributed by atoms with Gasteiger partial charge in [-0.25, -0.2) is 4.98 Å². The molecule has 1 aliphatic rings. The lowest BCUT2D eigenvalue weighted by atomic mass is 10.1. The fraction of sp³-hybridized carbons (Fsp3) is 0.143. The van der Waals surface area contributed by atoms with Gasteiger partial charge < -0.3 is 9.47 Å². The summed E-state index contributed by atoms with van der Waals surface area (Å²) in [5.41, 5.74) is 2.32. The molecule has 0 aliphatic carbocycles. The Labute approximate surface area is 128 Å². The van der Waals surface area contributed by atoms with Crippen LogP contribution < -0.4 is 9.47 Å². The van der Waals surface area contributed by atoms with Crippen LogP contribution >= 0.6 is 27.3 Å². The van der Waals surface area contributed by atoms with Crippen LogP contribution in [0.3, 0.4) is 0 Å². The number of fused-ring (bicyclic) bond motifs is 1. The molecule has 2 heterocycles. The van der Waals surface area contributed by atoms with E-state index in [1.165, 1.54) is 11.3 Å². The van der Waals surface area contributed by atoms with Crippen LogP contribution in [-0.2, 0) is 0 Å². The zero-order chi connectivity index (χ0) is 14.1. The van der Waals surface area contributed by atoms with E-state index in [4.69, 9.17) is 9.47 Å². The number of aryl methyl sites for hydroxylation is 1. The van der Waals surface area contributed by atoms with Gasteiger partial charge >= 0.3 is 0 Å². The monoisotopic (exact) mass is 348 g/mol. The molecule has 20 heavy (non-hydrogen) atoms. The maximum Gasteiger partial charge on any atom is 0.231 e. The molecule has 1 aromatic heterocycles. The number of hydrogen-bond donors (Lipinski definition) is 0. The summed E-state index contributed by atoms with van der Waals surface area (Å²) in [6, 6.07) is 5.94. The molecule has 0 radical (unpaired) electrons. The highest BCUT2D eigenvalue weighted by molar-refractivity contribution is 9.10. The molecule has 100 valence electrons. The van der Waals surface area contributed by atoms with Gasteiger partial charge in [0.2, 0.25) is 6.79 Å². The summed E-state index contributed by atoms with van der Waals surface area (Å²) in [5.74, 6) is 1.38. The highest BCUT2D eigenvalue weighted by atomic mass is 79.9. The van der Waals surface area contributed by atoms with Crippen LogP contribution in [0.2, 0.25) is 0 Å². The lowest BCUT2D eigenvalue weighted by Crippen LogP contribution is -1.93. The van der Waals surface area contributed by atoms with Gasteiger partial charge in [0, 0.05) is 11.1 Å². The molecule has 2 aromatic rings. The van der Waals surface area contributed by atoms with Crippen LogP contribution in [0, 0.1) is 18.3 Å². The third kappa shape index (κ3) is 2.42. The largest absolute Gasteiger partial charge is 0.454 e. The summed E-state index contributed by atoms with van der Waals surface area (Å²) in [5, 5.41) is 11.9. The fourth-order valence-electron chi connectivity index (χ4n) is 1.86. The van der Waals surface area contributed by atoms with E-state index in [1.54, 1.807) is 6.08 Å². The van der Waals surface area contributed by atoms with Gasteiger partial charge in [0.25, 0.3) is 0 Å². The molecule has 1 aromatic carbocycles. The van der Waals surface area contributed by atoms with Crippen molar-refractivity contribution in [1.29, 1.82) is 5.26 Å². The molecular formula is C14H9BrN2O2S. The molecule has 0 N–H and O–H groups in total. The smallest absolute Gasteiger partial charge is 0.231 e. The topological polar surface area (TPSA) is 55.1 Å². The first-order valence-corrected chi connectivity index (χ1v) is 7.48. The standard InChI is InChI=1S/C14H9BrN2O2S/c1-8-6-20-14(17-8)10(5-16)2-9-3-11(15)13-12(4-9)18-7-19-13/h2-4,6H,7H2,1H3/b10-2-. The number of hydrogen-bond acceptors (Lipinski definition) is 5. The first kappa shape index (κ1) is 13.2. The molecule has 0 saturated carbocycles. The molecule has 0 unspecified atom stereocenters. The van der Waals surface area contributed by atoms with Crippen molar-refractivity contribution in [2.45, 2.75) is 6.92 Å². The highest BCUT2D eigenvalue weighted by Gasteiger charge is 2.18. The number of nitriles is 1. The number of aromatic nitrogens is 1. The molecule has 0 amide bonds. The molecule has 4 nitrogen and oxygen atoms in total. The first-order valence-electron chi connectivity index (χ1n) is 5.81. The van der Waals surface area contributed by atoms with Crippen molar-refractivity contribution in [2.24, 2.45) is 0 Å². The number of allylic oxidation sites excluding steroid dienone is 1. The second kappa shape index (κ2) is 5.27. The Hall–Kier alpha value is -1.84. The van der Waals surface area contributed by atoms with E-state index in [1.807, 2.05) is 24.4 Å². The Morgan fingerprint density at radius 3 is 3.05 bits per heavy atom. The van der Waals surface area contributed by atoms with Gasteiger partial charge in [0.1, 0.15) is 11.1 Å². The van der Waals surface area contributed by atoms with Crippen molar-refractivity contribution in [1.82, 2.24) is 4.98 Å². The van der Waals surface area contributed by atoms with Crippen molar-refractivity contribution >= 4 is 38.9 Å². The average Bonchev–Trinajstić information content (AvgIpc) is 3.05. The second-order valence-electron chi connectivity index (χ2n) is 4.20. The summed E-state index contributed by atoms with van der Waals surface area (Å²) in [4.78, 5) is 4.33. The molecule has 0 atom stereocenters. The summed E-state index contributed by atoms with van der Waals surface area (Å²) in [6.45, 7) is 2.13. The van der Waals surface area contributed by atoms with E-state index in [0.717, 1.165) is 20.7 Å². The van der Waals surface area contributed by atoms with Gasteiger partial charge in [0.15, 0.2) is 11.5 Å². The van der Waals surface area contributed by atoms with Crippen LogP contribution in [0.1, 0.15) is 16.3 Å². The molecule has 0 spiro atoms. The first-order chi connectivity index (χ1) is 9.67. The minimum absolute atomic E-state index is 0.220. The third-order valence-electron chi connectivity index (χ3n) is 2.73. The molecule has 0 saturated heterocycles. The van der Waals surface area contributed by atoms with Crippen molar-refractivity contribution < 1.29 is 9.47 Å². The molecule has 0 fully saturated rings. The quantitative estimate of drug-likeness (QED) is 0.769. The highest BCUT2D eigenvalue weighted by Crippen LogP contribution is 2.40. The van der Waals surface area contributed by atoms with Gasteiger partial charge in [0.05, 0.1) is 10.0 Å².